The number of para-hydroxylation sites is 1. The quantitative estimate of drug-likeness (QED) is 0.875. The Hall–Kier alpha value is -1.74. The summed E-state index contributed by atoms with van der Waals surface area (Å²) in [5, 5.41) is 4.60. The Morgan fingerprint density at radius 1 is 1.04 bits per heavy atom. The minimum Gasteiger partial charge on any atom is -0.325 e. The van der Waals surface area contributed by atoms with Crippen LogP contribution in [0.15, 0.2) is 52.1 Å². The first-order chi connectivity index (χ1) is 11.6. The van der Waals surface area contributed by atoms with Crippen LogP contribution in [0.2, 0.25) is 0 Å². The third kappa shape index (κ3) is 4.02. The third-order valence-corrected chi connectivity index (χ3v) is 7.12. The van der Waals surface area contributed by atoms with Crippen molar-refractivity contribution in [1.82, 2.24) is 9.21 Å². The summed E-state index contributed by atoms with van der Waals surface area (Å²) in [6, 6.07) is 12.7. The highest BCUT2D eigenvalue weighted by Gasteiger charge is 2.29. The minimum absolute atomic E-state index is 0.0873. The summed E-state index contributed by atoms with van der Waals surface area (Å²) in [5.41, 5.74) is 0.765. The minimum atomic E-state index is -3.39. The number of carbonyl (C=O) groups is 1. The van der Waals surface area contributed by atoms with Crippen molar-refractivity contribution in [3.8, 4) is 0 Å². The zero-order valence-electron chi connectivity index (χ0n) is 13.1. The number of hydrogen-bond donors (Lipinski definition) is 1. The molecule has 1 aliphatic heterocycles. The van der Waals surface area contributed by atoms with E-state index < -0.39 is 10.0 Å². The van der Waals surface area contributed by atoms with Crippen molar-refractivity contribution >= 4 is 33.0 Å². The molecule has 0 unspecified atom stereocenters. The second-order valence-electron chi connectivity index (χ2n) is 5.53. The SMILES string of the molecule is O=C(CN1CCN(S(=O)(=O)c2cccs2)CC1)Nc1ccccc1. The molecule has 6 nitrogen and oxygen atoms in total. The van der Waals surface area contributed by atoms with Crippen LogP contribution in [-0.2, 0) is 14.8 Å². The molecule has 0 spiro atoms. The highest BCUT2D eigenvalue weighted by Crippen LogP contribution is 2.21. The number of nitrogens with one attached hydrogen (secondary N) is 1. The summed E-state index contributed by atoms with van der Waals surface area (Å²) < 4.78 is 26.8. The number of piperazine rings is 1. The van der Waals surface area contributed by atoms with Crippen LogP contribution in [0.3, 0.4) is 0 Å². The molecule has 1 N–H and O–H groups in total. The van der Waals surface area contributed by atoms with Gasteiger partial charge in [-0.25, -0.2) is 8.42 Å². The van der Waals surface area contributed by atoms with Crippen LogP contribution in [0.25, 0.3) is 0 Å². The third-order valence-electron chi connectivity index (χ3n) is 3.85. The maximum absolute atomic E-state index is 12.5. The first kappa shape index (κ1) is 17.1. The van der Waals surface area contributed by atoms with E-state index in [1.807, 2.05) is 35.2 Å². The van der Waals surface area contributed by atoms with Gasteiger partial charge in [-0.3, -0.25) is 9.69 Å². The highest BCUT2D eigenvalue weighted by atomic mass is 32.2. The first-order valence-electron chi connectivity index (χ1n) is 7.66. The molecule has 3 rings (SSSR count). The fraction of sp³-hybridized carbons (Fsp3) is 0.312. The molecule has 1 fully saturated rings. The van der Waals surface area contributed by atoms with Crippen molar-refractivity contribution in [2.45, 2.75) is 4.21 Å². The van der Waals surface area contributed by atoms with Crippen molar-refractivity contribution < 1.29 is 13.2 Å². The lowest BCUT2D eigenvalue weighted by Crippen LogP contribution is -2.50. The molecule has 1 aromatic carbocycles. The van der Waals surface area contributed by atoms with Crippen molar-refractivity contribution in [3.63, 3.8) is 0 Å². The molecule has 1 aromatic heterocycles. The van der Waals surface area contributed by atoms with Crippen LogP contribution in [0.1, 0.15) is 0 Å². The zero-order chi connectivity index (χ0) is 17.0. The van der Waals surface area contributed by atoms with Gasteiger partial charge in [-0.2, -0.15) is 4.31 Å². The van der Waals surface area contributed by atoms with Gasteiger partial charge in [0.05, 0.1) is 6.54 Å². The number of carbonyl (C=O) groups excluding carboxylic acids is 1. The smallest absolute Gasteiger partial charge is 0.252 e. The Morgan fingerprint density at radius 3 is 2.38 bits per heavy atom. The number of amides is 1. The molecule has 24 heavy (non-hydrogen) atoms. The Balaban J connectivity index is 1.51. The molecule has 0 bridgehead atoms. The van der Waals surface area contributed by atoms with E-state index in [1.54, 1.807) is 17.5 Å². The normalized spacial score (nSPS) is 16.8. The molecular formula is C16H19N3O3S2. The molecular weight excluding hydrogens is 346 g/mol. The number of nitrogens with zero attached hydrogens (tertiary/aromatic N) is 2. The second-order valence-corrected chi connectivity index (χ2v) is 8.64. The van der Waals surface area contributed by atoms with E-state index in [0.29, 0.717) is 30.4 Å². The maximum atomic E-state index is 12.5. The summed E-state index contributed by atoms with van der Waals surface area (Å²) in [5.74, 6) is -0.0873. The van der Waals surface area contributed by atoms with Crippen LogP contribution in [0.4, 0.5) is 5.69 Å². The standard InChI is InChI=1S/C16H19N3O3S2/c20-15(17-14-5-2-1-3-6-14)13-18-8-10-19(11-9-18)24(21,22)16-7-4-12-23-16/h1-7,12H,8-11,13H2,(H,17,20). The molecule has 0 atom stereocenters. The Kier molecular flexibility index (Phi) is 5.30. The second kappa shape index (κ2) is 7.43. The van der Waals surface area contributed by atoms with Crippen molar-refractivity contribution in [2.24, 2.45) is 0 Å². The Bertz CT molecular complexity index is 768. The van der Waals surface area contributed by atoms with Gasteiger partial charge in [0, 0.05) is 31.9 Å². The van der Waals surface area contributed by atoms with Crippen molar-refractivity contribution in [3.05, 3.63) is 47.8 Å². The topological polar surface area (TPSA) is 69.7 Å². The van der Waals surface area contributed by atoms with E-state index in [4.69, 9.17) is 0 Å². The molecule has 128 valence electrons. The molecule has 2 heterocycles. The molecule has 1 aliphatic rings. The lowest BCUT2D eigenvalue weighted by molar-refractivity contribution is -0.117. The van der Waals surface area contributed by atoms with Gasteiger partial charge in [0.15, 0.2) is 0 Å². The lowest BCUT2D eigenvalue weighted by atomic mass is 10.3. The summed E-state index contributed by atoms with van der Waals surface area (Å²) >= 11 is 1.23. The highest BCUT2D eigenvalue weighted by molar-refractivity contribution is 7.91. The molecule has 0 aliphatic carbocycles. The monoisotopic (exact) mass is 365 g/mol. The number of rotatable bonds is 5. The average molecular weight is 365 g/mol. The lowest BCUT2D eigenvalue weighted by Gasteiger charge is -2.33. The first-order valence-corrected chi connectivity index (χ1v) is 9.98. The van der Waals surface area contributed by atoms with E-state index in [9.17, 15) is 13.2 Å². The van der Waals surface area contributed by atoms with Gasteiger partial charge < -0.3 is 5.32 Å². The molecule has 1 saturated heterocycles. The van der Waals surface area contributed by atoms with Gasteiger partial charge in [0.25, 0.3) is 10.0 Å². The van der Waals surface area contributed by atoms with Crippen molar-refractivity contribution in [2.75, 3.05) is 38.0 Å². The number of sulfonamides is 1. The molecule has 0 radical (unpaired) electrons. The predicted octanol–water partition coefficient (Wildman–Crippen LogP) is 1.69. The number of thiophene rings is 1. The fourth-order valence-corrected chi connectivity index (χ4v) is 5.16. The van der Waals surface area contributed by atoms with Gasteiger partial charge in [-0.15, -0.1) is 11.3 Å². The van der Waals surface area contributed by atoms with E-state index in [2.05, 4.69) is 5.32 Å². The largest absolute Gasteiger partial charge is 0.325 e. The number of hydrogen-bond acceptors (Lipinski definition) is 5. The van der Waals surface area contributed by atoms with Gasteiger partial charge >= 0.3 is 0 Å². The summed E-state index contributed by atoms with van der Waals surface area (Å²) in [6.45, 7) is 2.17. The molecule has 2 aromatic rings. The predicted molar refractivity (Wildman–Crippen MR) is 94.6 cm³/mol. The van der Waals surface area contributed by atoms with Gasteiger partial charge in [0.1, 0.15) is 4.21 Å². The van der Waals surface area contributed by atoms with Crippen LogP contribution in [0, 0.1) is 0 Å². The van der Waals surface area contributed by atoms with E-state index in [-0.39, 0.29) is 12.5 Å². The van der Waals surface area contributed by atoms with E-state index in [0.717, 1.165) is 5.69 Å². The maximum Gasteiger partial charge on any atom is 0.252 e. The summed E-state index contributed by atoms with van der Waals surface area (Å²) in [7, 11) is -3.39. The number of anilines is 1. The zero-order valence-corrected chi connectivity index (χ0v) is 14.7. The molecule has 0 saturated carbocycles. The van der Waals surface area contributed by atoms with Crippen LogP contribution < -0.4 is 5.32 Å². The number of benzene rings is 1. The molecule has 1 amide bonds. The van der Waals surface area contributed by atoms with Gasteiger partial charge in [0.2, 0.25) is 5.91 Å². The van der Waals surface area contributed by atoms with Crippen LogP contribution >= 0.6 is 11.3 Å². The Morgan fingerprint density at radius 2 is 1.75 bits per heavy atom. The van der Waals surface area contributed by atoms with Crippen LogP contribution in [0.5, 0.6) is 0 Å². The fourth-order valence-electron chi connectivity index (χ4n) is 2.59. The molecule has 8 heteroatoms. The van der Waals surface area contributed by atoms with E-state index in [1.165, 1.54) is 15.6 Å². The van der Waals surface area contributed by atoms with E-state index >= 15 is 0 Å². The van der Waals surface area contributed by atoms with Crippen LogP contribution in [-0.4, -0.2) is 56.3 Å². The van der Waals surface area contributed by atoms with Gasteiger partial charge in [-0.1, -0.05) is 24.3 Å². The average Bonchev–Trinajstić information content (AvgIpc) is 3.11. The Labute approximate surface area is 145 Å². The summed E-state index contributed by atoms with van der Waals surface area (Å²) in [4.78, 5) is 14.0. The summed E-state index contributed by atoms with van der Waals surface area (Å²) in [6.07, 6.45) is 0. The van der Waals surface area contributed by atoms with Gasteiger partial charge in [-0.05, 0) is 23.6 Å². The van der Waals surface area contributed by atoms with Crippen molar-refractivity contribution in [1.29, 1.82) is 0 Å².